The summed E-state index contributed by atoms with van der Waals surface area (Å²) in [5, 5.41) is 11.9. The first-order valence-corrected chi connectivity index (χ1v) is 10.6. The van der Waals surface area contributed by atoms with E-state index in [-0.39, 0.29) is 12.1 Å². The van der Waals surface area contributed by atoms with Gasteiger partial charge in [0.2, 0.25) is 0 Å². The number of non-ortho nitro benzene ring substituents is 1. The zero-order chi connectivity index (χ0) is 21.2. The summed E-state index contributed by atoms with van der Waals surface area (Å²) >= 11 is 19.2. The maximum Gasteiger partial charge on any atom is 0.332 e. The van der Waals surface area contributed by atoms with Gasteiger partial charge in [0.1, 0.15) is 4.32 Å². The van der Waals surface area contributed by atoms with Crippen LogP contribution in [0.1, 0.15) is 11.1 Å². The van der Waals surface area contributed by atoms with Gasteiger partial charge >= 0.3 is 5.97 Å². The van der Waals surface area contributed by atoms with Crippen LogP contribution in [-0.4, -0.2) is 38.5 Å². The van der Waals surface area contributed by atoms with Gasteiger partial charge in [-0.1, -0.05) is 65.4 Å². The largest absolute Gasteiger partial charge is 0.467 e. The fourth-order valence-corrected chi connectivity index (χ4v) is 5.22. The fourth-order valence-electron chi connectivity index (χ4n) is 3.20. The first-order valence-electron chi connectivity index (χ1n) is 8.47. The maximum atomic E-state index is 12.9. The minimum atomic E-state index is -1.05. The van der Waals surface area contributed by atoms with Crippen molar-refractivity contribution in [1.82, 2.24) is 4.90 Å². The van der Waals surface area contributed by atoms with E-state index < -0.39 is 16.4 Å². The van der Waals surface area contributed by atoms with Gasteiger partial charge in [0.05, 0.1) is 12.0 Å². The van der Waals surface area contributed by atoms with Crippen molar-refractivity contribution in [3.63, 3.8) is 0 Å². The van der Waals surface area contributed by atoms with Crippen molar-refractivity contribution in [3.05, 3.63) is 73.8 Å². The average molecular weight is 471 g/mol. The minimum absolute atomic E-state index is 0.0120. The number of carbonyl (C=O) groups is 1. The number of halogens is 2. The lowest BCUT2D eigenvalue weighted by atomic mass is 9.90. The van der Waals surface area contributed by atoms with E-state index in [0.29, 0.717) is 26.7 Å². The summed E-state index contributed by atoms with van der Waals surface area (Å²) in [6, 6.07) is 11.3. The van der Waals surface area contributed by atoms with Crippen LogP contribution in [0.25, 0.3) is 0 Å². The molecule has 1 aliphatic heterocycles. The molecule has 0 bridgehead atoms. The summed E-state index contributed by atoms with van der Waals surface area (Å²) < 4.78 is 5.68. The summed E-state index contributed by atoms with van der Waals surface area (Å²) in [7, 11) is 1.33. The lowest BCUT2D eigenvalue weighted by Crippen LogP contribution is -2.55. The molecule has 2 aromatic rings. The van der Waals surface area contributed by atoms with Crippen molar-refractivity contribution in [3.8, 4) is 0 Å². The van der Waals surface area contributed by atoms with Crippen LogP contribution in [0.3, 0.4) is 0 Å². The molecule has 1 aliphatic rings. The Labute approximate surface area is 187 Å². The van der Waals surface area contributed by atoms with Crippen LogP contribution in [0.5, 0.6) is 0 Å². The second-order valence-corrected chi connectivity index (χ2v) is 8.95. The number of esters is 1. The molecular weight excluding hydrogens is 455 g/mol. The van der Waals surface area contributed by atoms with Gasteiger partial charge < -0.3 is 9.64 Å². The zero-order valence-electron chi connectivity index (χ0n) is 15.3. The van der Waals surface area contributed by atoms with Crippen LogP contribution < -0.4 is 0 Å². The van der Waals surface area contributed by atoms with E-state index in [1.54, 1.807) is 30.3 Å². The lowest BCUT2D eigenvalue weighted by Gasteiger charge is -2.36. The highest BCUT2D eigenvalue weighted by Gasteiger charge is 2.51. The molecule has 0 spiro atoms. The number of nitro groups is 1. The van der Waals surface area contributed by atoms with Gasteiger partial charge in [-0.15, -0.1) is 0 Å². The number of methoxy groups -OCH3 is 1. The van der Waals surface area contributed by atoms with E-state index in [1.807, 2.05) is 4.90 Å². The van der Waals surface area contributed by atoms with Crippen molar-refractivity contribution in [2.24, 2.45) is 0 Å². The Hall–Kier alpha value is -1.87. The highest BCUT2D eigenvalue weighted by atomic mass is 35.5. The lowest BCUT2D eigenvalue weighted by molar-refractivity contribution is -0.384. The Morgan fingerprint density at radius 2 is 2.00 bits per heavy atom. The Balaban J connectivity index is 1.96. The summed E-state index contributed by atoms with van der Waals surface area (Å²) in [6.45, 7) is 0.309. The number of hydrogen-bond donors (Lipinski definition) is 0. The number of carbonyl (C=O) groups excluding carboxylic acids is 1. The molecule has 10 heteroatoms. The molecule has 0 aliphatic carbocycles. The molecular formula is C19H16Cl2N2O4S2. The second kappa shape index (κ2) is 8.87. The van der Waals surface area contributed by atoms with Crippen LogP contribution in [0.15, 0.2) is 42.5 Å². The van der Waals surface area contributed by atoms with E-state index in [2.05, 4.69) is 0 Å². The molecule has 1 unspecified atom stereocenters. The smallest absolute Gasteiger partial charge is 0.332 e. The quantitative estimate of drug-likeness (QED) is 0.257. The zero-order valence-corrected chi connectivity index (χ0v) is 18.4. The summed E-state index contributed by atoms with van der Waals surface area (Å²) in [5.74, 6) is -0.0194. The predicted molar refractivity (Wildman–Crippen MR) is 119 cm³/mol. The number of rotatable bonds is 6. The molecule has 0 amide bonds. The Bertz CT molecular complexity index is 971. The van der Waals surface area contributed by atoms with Crippen LogP contribution in [0.4, 0.5) is 5.69 Å². The summed E-state index contributed by atoms with van der Waals surface area (Å²) in [6.07, 6.45) is 0.288. The van der Waals surface area contributed by atoms with Crippen LogP contribution in [0.2, 0.25) is 10.0 Å². The van der Waals surface area contributed by atoms with E-state index in [9.17, 15) is 14.9 Å². The standard InChI is InChI=1S/C19H16Cl2N2O4S2/c1-27-17(24)19(9-12-2-6-15(7-3-12)23(25)26)11-29-18(28)22(19)10-13-4-5-14(20)8-16(13)21/h2-8H,9-11H2,1H3. The molecule has 2 aromatic carbocycles. The normalized spacial score (nSPS) is 18.7. The number of nitro benzene ring substituents is 1. The van der Waals surface area contributed by atoms with E-state index >= 15 is 0 Å². The Morgan fingerprint density at radius 3 is 2.59 bits per heavy atom. The molecule has 0 N–H and O–H groups in total. The minimum Gasteiger partial charge on any atom is -0.467 e. The first kappa shape index (κ1) is 21.8. The number of benzene rings is 2. The number of nitrogens with zero attached hydrogens (tertiary/aromatic N) is 2. The number of thiocarbonyl (C=S) groups is 1. The van der Waals surface area contributed by atoms with Gasteiger partial charge in [-0.3, -0.25) is 10.1 Å². The fraction of sp³-hybridized carbons (Fsp3) is 0.263. The number of thioether (sulfide) groups is 1. The van der Waals surface area contributed by atoms with Gasteiger partial charge in [-0.05, 0) is 23.3 Å². The molecule has 29 heavy (non-hydrogen) atoms. The van der Waals surface area contributed by atoms with E-state index in [4.69, 9.17) is 40.2 Å². The number of ether oxygens (including phenoxy) is 1. The van der Waals surface area contributed by atoms with E-state index in [1.165, 1.54) is 31.0 Å². The molecule has 152 valence electrons. The van der Waals surface area contributed by atoms with Gasteiger partial charge in [-0.2, -0.15) is 0 Å². The first-order chi connectivity index (χ1) is 13.8. The highest BCUT2D eigenvalue weighted by molar-refractivity contribution is 8.23. The molecule has 3 rings (SSSR count). The van der Waals surface area contributed by atoms with Gasteiger partial charge in [0.25, 0.3) is 5.69 Å². The molecule has 1 atom stereocenters. The molecule has 1 fully saturated rings. The topological polar surface area (TPSA) is 72.7 Å². The van der Waals surface area contributed by atoms with Crippen LogP contribution in [0, 0.1) is 10.1 Å². The highest BCUT2D eigenvalue weighted by Crippen LogP contribution is 2.39. The Kier molecular flexibility index (Phi) is 6.68. The third-order valence-electron chi connectivity index (χ3n) is 4.72. The van der Waals surface area contributed by atoms with E-state index in [0.717, 1.165) is 11.1 Å². The molecule has 0 radical (unpaired) electrons. The third kappa shape index (κ3) is 4.50. The van der Waals surface area contributed by atoms with Gasteiger partial charge in [0.15, 0.2) is 5.54 Å². The predicted octanol–water partition coefficient (Wildman–Crippen LogP) is 4.89. The number of hydrogen-bond acceptors (Lipinski definition) is 6. The van der Waals surface area contributed by atoms with Crippen molar-refractivity contribution in [2.45, 2.75) is 18.5 Å². The van der Waals surface area contributed by atoms with Gasteiger partial charge in [-0.25, -0.2) is 4.79 Å². The molecule has 1 heterocycles. The summed E-state index contributed by atoms with van der Waals surface area (Å²) in [4.78, 5) is 25.2. The molecule has 1 saturated heterocycles. The van der Waals surface area contributed by atoms with Gasteiger partial charge in [0, 0.05) is 40.9 Å². The average Bonchev–Trinajstić information content (AvgIpc) is 3.00. The molecule has 0 aromatic heterocycles. The Morgan fingerprint density at radius 1 is 1.31 bits per heavy atom. The van der Waals surface area contributed by atoms with Crippen LogP contribution >= 0.6 is 47.2 Å². The van der Waals surface area contributed by atoms with Crippen molar-refractivity contribution < 1.29 is 14.5 Å². The molecule has 0 saturated carbocycles. The second-order valence-electron chi connectivity index (χ2n) is 6.50. The summed E-state index contributed by atoms with van der Waals surface area (Å²) in [5.41, 5.74) is 0.480. The SMILES string of the molecule is COC(=O)C1(Cc2ccc([N+](=O)[O-])cc2)CSC(=S)N1Cc1ccc(Cl)cc1Cl. The van der Waals surface area contributed by atoms with Crippen molar-refractivity contribution in [1.29, 1.82) is 0 Å². The maximum absolute atomic E-state index is 12.9. The molecule has 6 nitrogen and oxygen atoms in total. The van der Waals surface area contributed by atoms with Crippen molar-refractivity contribution in [2.75, 3.05) is 12.9 Å². The third-order valence-corrected chi connectivity index (χ3v) is 6.97. The van der Waals surface area contributed by atoms with Crippen LogP contribution in [-0.2, 0) is 22.5 Å². The van der Waals surface area contributed by atoms with Crippen molar-refractivity contribution >= 4 is 63.2 Å². The monoisotopic (exact) mass is 470 g/mol.